The molecule has 0 aromatic heterocycles. The summed E-state index contributed by atoms with van der Waals surface area (Å²) in [6.07, 6.45) is 7.46. The van der Waals surface area contributed by atoms with Crippen molar-refractivity contribution in [1.29, 1.82) is 0 Å². The van der Waals surface area contributed by atoms with Crippen LogP contribution >= 0.6 is 0 Å². The van der Waals surface area contributed by atoms with Crippen molar-refractivity contribution >= 4 is 5.97 Å². The number of allylic oxidation sites excluding steroid dienone is 2. The summed E-state index contributed by atoms with van der Waals surface area (Å²) in [4.78, 5) is 12.3. The second-order valence-corrected chi connectivity index (χ2v) is 2.48. The van der Waals surface area contributed by atoms with E-state index in [-0.39, 0.29) is 0 Å². The SMILES string of the molecule is CC(C(=O)O)N1C=CC=CC1. The summed E-state index contributed by atoms with van der Waals surface area (Å²) < 4.78 is 0. The quantitative estimate of drug-likeness (QED) is 0.639. The number of aliphatic carboxylic acids is 1. The van der Waals surface area contributed by atoms with E-state index in [0.29, 0.717) is 6.54 Å². The van der Waals surface area contributed by atoms with Gasteiger partial charge in [-0.15, -0.1) is 0 Å². The van der Waals surface area contributed by atoms with Crippen molar-refractivity contribution in [2.45, 2.75) is 13.0 Å². The Kier molecular flexibility index (Phi) is 2.31. The van der Waals surface area contributed by atoms with Crippen LogP contribution in [0.25, 0.3) is 0 Å². The third-order valence-electron chi connectivity index (χ3n) is 1.70. The van der Waals surface area contributed by atoms with Crippen LogP contribution in [-0.2, 0) is 4.79 Å². The zero-order chi connectivity index (χ0) is 8.27. The number of carbonyl (C=O) groups is 1. The molecule has 3 nitrogen and oxygen atoms in total. The summed E-state index contributed by atoms with van der Waals surface area (Å²) in [6, 6.07) is -0.434. The first-order valence-corrected chi connectivity index (χ1v) is 3.53. The van der Waals surface area contributed by atoms with Crippen molar-refractivity contribution in [2.75, 3.05) is 6.54 Å². The third-order valence-corrected chi connectivity index (χ3v) is 1.70. The lowest BCUT2D eigenvalue weighted by Gasteiger charge is -2.24. The highest BCUT2D eigenvalue weighted by Gasteiger charge is 2.16. The summed E-state index contributed by atoms with van der Waals surface area (Å²) in [7, 11) is 0. The van der Waals surface area contributed by atoms with Gasteiger partial charge in [0, 0.05) is 12.7 Å². The van der Waals surface area contributed by atoms with Gasteiger partial charge in [0.25, 0.3) is 0 Å². The molecule has 0 bridgehead atoms. The number of hydrogen-bond donors (Lipinski definition) is 1. The molecular weight excluding hydrogens is 142 g/mol. The van der Waals surface area contributed by atoms with E-state index in [4.69, 9.17) is 5.11 Å². The van der Waals surface area contributed by atoms with Gasteiger partial charge in [-0.05, 0) is 13.0 Å². The van der Waals surface area contributed by atoms with Crippen LogP contribution in [0.2, 0.25) is 0 Å². The fraction of sp³-hybridized carbons (Fsp3) is 0.375. The molecule has 1 unspecified atom stereocenters. The Balaban J connectivity index is 2.55. The molecule has 1 aliphatic heterocycles. The molecule has 60 valence electrons. The normalized spacial score (nSPS) is 18.5. The van der Waals surface area contributed by atoms with E-state index < -0.39 is 12.0 Å². The molecule has 0 radical (unpaired) electrons. The molecule has 3 heteroatoms. The van der Waals surface area contributed by atoms with Crippen molar-refractivity contribution in [3.05, 3.63) is 24.4 Å². The van der Waals surface area contributed by atoms with Gasteiger partial charge in [-0.3, -0.25) is 0 Å². The summed E-state index contributed by atoms with van der Waals surface area (Å²) in [5, 5.41) is 8.63. The maximum atomic E-state index is 10.5. The minimum absolute atomic E-state index is 0.434. The fourth-order valence-corrected chi connectivity index (χ4v) is 0.911. The molecule has 11 heavy (non-hydrogen) atoms. The van der Waals surface area contributed by atoms with E-state index in [0.717, 1.165) is 0 Å². The van der Waals surface area contributed by atoms with Gasteiger partial charge >= 0.3 is 5.97 Å². The highest BCUT2D eigenvalue weighted by molar-refractivity contribution is 5.73. The van der Waals surface area contributed by atoms with Gasteiger partial charge < -0.3 is 10.0 Å². The van der Waals surface area contributed by atoms with Gasteiger partial charge in [-0.2, -0.15) is 0 Å². The topological polar surface area (TPSA) is 40.5 Å². The van der Waals surface area contributed by atoms with Crippen LogP contribution in [0, 0.1) is 0 Å². The summed E-state index contributed by atoms with van der Waals surface area (Å²) >= 11 is 0. The first kappa shape index (κ1) is 7.85. The van der Waals surface area contributed by atoms with E-state index in [1.54, 1.807) is 18.0 Å². The van der Waals surface area contributed by atoms with Gasteiger partial charge in [0.2, 0.25) is 0 Å². The Morgan fingerprint density at radius 2 is 2.36 bits per heavy atom. The number of nitrogens with zero attached hydrogens (tertiary/aromatic N) is 1. The molecule has 1 heterocycles. The van der Waals surface area contributed by atoms with Crippen molar-refractivity contribution < 1.29 is 9.90 Å². The lowest BCUT2D eigenvalue weighted by molar-refractivity contribution is -0.141. The Bertz CT molecular complexity index is 208. The molecular formula is C8H11NO2. The maximum absolute atomic E-state index is 10.5. The molecule has 1 N–H and O–H groups in total. The largest absolute Gasteiger partial charge is 0.480 e. The van der Waals surface area contributed by atoms with Gasteiger partial charge in [0.05, 0.1) is 0 Å². The van der Waals surface area contributed by atoms with Crippen molar-refractivity contribution in [3.8, 4) is 0 Å². The Labute approximate surface area is 65.6 Å². The van der Waals surface area contributed by atoms with Crippen LogP contribution in [0.15, 0.2) is 24.4 Å². The van der Waals surface area contributed by atoms with Gasteiger partial charge in [-0.1, -0.05) is 12.2 Å². The second kappa shape index (κ2) is 3.23. The molecule has 0 spiro atoms. The molecule has 0 aromatic carbocycles. The van der Waals surface area contributed by atoms with E-state index in [9.17, 15) is 4.79 Å². The number of rotatable bonds is 2. The average Bonchev–Trinajstić information content (AvgIpc) is 2.05. The second-order valence-electron chi connectivity index (χ2n) is 2.48. The van der Waals surface area contributed by atoms with Crippen LogP contribution in [0.4, 0.5) is 0 Å². The fourth-order valence-electron chi connectivity index (χ4n) is 0.911. The molecule has 0 amide bonds. The smallest absolute Gasteiger partial charge is 0.326 e. The number of carboxylic acids is 1. The van der Waals surface area contributed by atoms with E-state index >= 15 is 0 Å². The Morgan fingerprint density at radius 3 is 2.82 bits per heavy atom. The number of hydrogen-bond acceptors (Lipinski definition) is 2. The van der Waals surface area contributed by atoms with Crippen molar-refractivity contribution in [2.24, 2.45) is 0 Å². The first-order valence-electron chi connectivity index (χ1n) is 3.53. The lowest BCUT2D eigenvalue weighted by atomic mass is 10.2. The molecule has 1 aliphatic rings. The van der Waals surface area contributed by atoms with Gasteiger partial charge in [-0.25, -0.2) is 4.79 Å². The monoisotopic (exact) mass is 153 g/mol. The molecule has 1 atom stereocenters. The van der Waals surface area contributed by atoms with Crippen LogP contribution < -0.4 is 0 Å². The number of carboxylic acid groups (broad SMARTS) is 1. The highest BCUT2D eigenvalue weighted by Crippen LogP contribution is 2.04. The van der Waals surface area contributed by atoms with Crippen LogP contribution in [-0.4, -0.2) is 28.6 Å². The molecule has 0 aliphatic carbocycles. The average molecular weight is 153 g/mol. The molecule has 0 fully saturated rings. The third kappa shape index (κ3) is 1.83. The minimum atomic E-state index is -0.787. The van der Waals surface area contributed by atoms with E-state index in [1.165, 1.54) is 0 Å². The molecule has 0 saturated heterocycles. The van der Waals surface area contributed by atoms with E-state index in [2.05, 4.69) is 0 Å². The zero-order valence-corrected chi connectivity index (χ0v) is 6.40. The van der Waals surface area contributed by atoms with Gasteiger partial charge in [0.1, 0.15) is 6.04 Å². The first-order chi connectivity index (χ1) is 5.22. The molecule has 0 aromatic rings. The molecule has 0 saturated carbocycles. The lowest BCUT2D eigenvalue weighted by Crippen LogP contribution is -2.35. The van der Waals surface area contributed by atoms with Crippen molar-refractivity contribution in [1.82, 2.24) is 4.90 Å². The Morgan fingerprint density at radius 1 is 1.64 bits per heavy atom. The van der Waals surface area contributed by atoms with Crippen LogP contribution in [0.5, 0.6) is 0 Å². The highest BCUT2D eigenvalue weighted by atomic mass is 16.4. The Hall–Kier alpha value is -1.25. The maximum Gasteiger partial charge on any atom is 0.326 e. The summed E-state index contributed by atoms with van der Waals surface area (Å²) in [5.74, 6) is -0.787. The van der Waals surface area contributed by atoms with Crippen LogP contribution in [0.1, 0.15) is 6.92 Å². The zero-order valence-electron chi connectivity index (χ0n) is 6.40. The van der Waals surface area contributed by atoms with Crippen molar-refractivity contribution in [3.63, 3.8) is 0 Å². The minimum Gasteiger partial charge on any atom is -0.480 e. The van der Waals surface area contributed by atoms with E-state index in [1.807, 2.05) is 18.2 Å². The standard InChI is InChI=1S/C8H11NO2/c1-7(8(10)11)9-5-3-2-4-6-9/h2-5,7H,6H2,1H3,(H,10,11). The predicted octanol–water partition coefficient (Wildman–Crippen LogP) is 0.845. The summed E-state index contributed by atoms with van der Waals surface area (Å²) in [6.45, 7) is 2.36. The van der Waals surface area contributed by atoms with Crippen LogP contribution in [0.3, 0.4) is 0 Å². The summed E-state index contributed by atoms with van der Waals surface area (Å²) in [5.41, 5.74) is 0. The molecule has 1 rings (SSSR count). The predicted molar refractivity (Wildman–Crippen MR) is 42.1 cm³/mol. The van der Waals surface area contributed by atoms with Gasteiger partial charge in [0.15, 0.2) is 0 Å².